The Hall–Kier alpha value is -2.96. The molecule has 1 aliphatic rings. The van der Waals surface area contributed by atoms with Crippen LogP contribution in [0.5, 0.6) is 0 Å². The highest BCUT2D eigenvalue weighted by Crippen LogP contribution is 2.39. The summed E-state index contributed by atoms with van der Waals surface area (Å²) in [6.45, 7) is -0.519. The predicted molar refractivity (Wildman–Crippen MR) is 122 cm³/mol. The van der Waals surface area contributed by atoms with Crippen molar-refractivity contribution in [1.29, 1.82) is 0 Å². The summed E-state index contributed by atoms with van der Waals surface area (Å²) in [5, 5.41) is 41.5. The minimum absolute atomic E-state index is 0.00738. The molecule has 1 aliphatic heterocycles. The Morgan fingerprint density at radius 1 is 0.943 bits per heavy atom. The zero-order chi connectivity index (χ0) is 24.7. The molecule has 182 valence electrons. The van der Waals surface area contributed by atoms with E-state index in [0.717, 1.165) is 32.5 Å². The average molecular weight is 504 g/mol. The van der Waals surface area contributed by atoms with Gasteiger partial charge in [-0.2, -0.15) is 0 Å². The third kappa shape index (κ3) is 4.53. The molecule has 3 N–H and O–H groups in total. The van der Waals surface area contributed by atoms with Gasteiger partial charge in [0, 0.05) is 10.5 Å². The van der Waals surface area contributed by atoms with Gasteiger partial charge in [-0.25, -0.2) is 17.9 Å². The average Bonchev–Trinajstić information content (AvgIpc) is 3.34. The number of halogens is 3. The number of hydrogen-bond donors (Lipinski definition) is 3. The maximum atomic E-state index is 13.7. The standard InChI is InChI=1S/C24H20F3N3O4S/c25-16-8-14(9-17(26)20(16)27)18-10-30(29-28-18)21-22(32)19(11-31)34-24(23(21)33)35-15-6-5-12-3-1-2-4-13(12)7-15/h1-10,19,21-24,31-33H,11H2/t19?,21-,22-,23?,24+/m0/s1. The summed E-state index contributed by atoms with van der Waals surface area (Å²) in [5.41, 5.74) is -0.937. The van der Waals surface area contributed by atoms with Crippen LogP contribution in [0.15, 0.2) is 65.7 Å². The third-order valence-corrected chi connectivity index (χ3v) is 7.07. The van der Waals surface area contributed by atoms with Crippen LogP contribution in [-0.4, -0.2) is 60.7 Å². The molecule has 5 rings (SSSR count). The van der Waals surface area contributed by atoms with E-state index in [0.29, 0.717) is 0 Å². The number of aromatic nitrogens is 3. The largest absolute Gasteiger partial charge is 0.394 e. The summed E-state index contributed by atoms with van der Waals surface area (Å²) in [6, 6.07) is 14.0. The highest BCUT2D eigenvalue weighted by Gasteiger charge is 2.46. The SMILES string of the molecule is OCC1O[C@H](Sc2ccc3ccccc3c2)C(O)[C@@H](n2cc(-c3cc(F)c(F)c(F)c3)nn2)[C@H]1O. The van der Waals surface area contributed by atoms with Gasteiger partial charge in [0.15, 0.2) is 17.5 Å². The predicted octanol–water partition coefficient (Wildman–Crippen LogP) is 3.29. The Bertz CT molecular complexity index is 1350. The van der Waals surface area contributed by atoms with E-state index in [1.54, 1.807) is 0 Å². The van der Waals surface area contributed by atoms with Gasteiger partial charge in [0.25, 0.3) is 0 Å². The van der Waals surface area contributed by atoms with Gasteiger partial charge in [-0.1, -0.05) is 47.3 Å². The molecule has 2 unspecified atom stereocenters. The van der Waals surface area contributed by atoms with Crippen molar-refractivity contribution in [3.63, 3.8) is 0 Å². The van der Waals surface area contributed by atoms with Gasteiger partial charge in [0.05, 0.1) is 12.8 Å². The van der Waals surface area contributed by atoms with Crippen LogP contribution in [0.4, 0.5) is 13.2 Å². The summed E-state index contributed by atoms with van der Waals surface area (Å²) in [5.74, 6) is -4.36. The summed E-state index contributed by atoms with van der Waals surface area (Å²) in [4.78, 5) is 0.802. The van der Waals surface area contributed by atoms with Crippen LogP contribution in [0.1, 0.15) is 6.04 Å². The molecule has 2 heterocycles. The molecule has 0 bridgehead atoms. The summed E-state index contributed by atoms with van der Waals surface area (Å²) in [7, 11) is 0. The van der Waals surface area contributed by atoms with E-state index in [1.165, 1.54) is 18.0 Å². The zero-order valence-corrected chi connectivity index (χ0v) is 18.8. The fourth-order valence-electron chi connectivity index (χ4n) is 4.11. The number of benzene rings is 3. The van der Waals surface area contributed by atoms with Crippen molar-refractivity contribution in [3.8, 4) is 11.3 Å². The van der Waals surface area contributed by atoms with Crippen molar-refractivity contribution in [2.24, 2.45) is 0 Å². The lowest BCUT2D eigenvalue weighted by Crippen LogP contribution is -2.55. The van der Waals surface area contributed by atoms with Gasteiger partial charge in [-0.05, 0) is 35.0 Å². The first-order chi connectivity index (χ1) is 16.9. The highest BCUT2D eigenvalue weighted by molar-refractivity contribution is 7.99. The first-order valence-electron chi connectivity index (χ1n) is 10.7. The normalized spacial score (nSPS) is 24.7. The van der Waals surface area contributed by atoms with Crippen LogP contribution in [0, 0.1) is 17.5 Å². The van der Waals surface area contributed by atoms with Crippen molar-refractivity contribution >= 4 is 22.5 Å². The second-order valence-corrected chi connectivity index (χ2v) is 9.33. The van der Waals surface area contributed by atoms with Crippen molar-refractivity contribution in [1.82, 2.24) is 15.0 Å². The molecular weight excluding hydrogens is 483 g/mol. The number of fused-ring (bicyclic) bond motifs is 1. The Morgan fingerprint density at radius 2 is 1.66 bits per heavy atom. The fraction of sp³-hybridized carbons (Fsp3) is 0.250. The molecular formula is C24H20F3N3O4S. The molecule has 0 amide bonds. The molecule has 0 spiro atoms. The molecule has 4 aromatic rings. The molecule has 5 atom stereocenters. The molecule has 0 aliphatic carbocycles. The van der Waals surface area contributed by atoms with Crippen molar-refractivity contribution in [2.45, 2.75) is 34.7 Å². The molecule has 0 radical (unpaired) electrons. The number of hydrogen-bond acceptors (Lipinski definition) is 7. The van der Waals surface area contributed by atoms with E-state index < -0.39 is 53.8 Å². The molecule has 11 heteroatoms. The minimum atomic E-state index is -1.60. The quantitative estimate of drug-likeness (QED) is 0.360. The highest BCUT2D eigenvalue weighted by atomic mass is 32.2. The number of aliphatic hydroxyl groups excluding tert-OH is 3. The van der Waals surface area contributed by atoms with E-state index in [9.17, 15) is 28.5 Å². The van der Waals surface area contributed by atoms with E-state index in [4.69, 9.17) is 4.74 Å². The van der Waals surface area contributed by atoms with Gasteiger partial charge in [-0.15, -0.1) is 5.10 Å². The maximum absolute atomic E-state index is 13.7. The molecule has 1 saturated heterocycles. The van der Waals surface area contributed by atoms with Gasteiger partial charge in [0.2, 0.25) is 0 Å². The van der Waals surface area contributed by atoms with Crippen LogP contribution in [-0.2, 0) is 4.74 Å². The van der Waals surface area contributed by atoms with Crippen LogP contribution < -0.4 is 0 Å². The van der Waals surface area contributed by atoms with Crippen LogP contribution in [0.2, 0.25) is 0 Å². The number of ether oxygens (including phenoxy) is 1. The minimum Gasteiger partial charge on any atom is -0.394 e. The van der Waals surface area contributed by atoms with Gasteiger partial charge in [-0.3, -0.25) is 0 Å². The third-order valence-electron chi connectivity index (χ3n) is 5.92. The van der Waals surface area contributed by atoms with Crippen LogP contribution in [0.3, 0.4) is 0 Å². The van der Waals surface area contributed by atoms with E-state index in [2.05, 4.69) is 10.3 Å². The molecule has 0 saturated carbocycles. The topological polar surface area (TPSA) is 101 Å². The van der Waals surface area contributed by atoms with E-state index in [1.807, 2.05) is 42.5 Å². The molecule has 35 heavy (non-hydrogen) atoms. The Balaban J connectivity index is 1.44. The fourth-order valence-corrected chi connectivity index (χ4v) is 5.22. The second kappa shape index (κ2) is 9.59. The summed E-state index contributed by atoms with van der Waals surface area (Å²) in [6.07, 6.45) is -2.41. The maximum Gasteiger partial charge on any atom is 0.194 e. The Kier molecular flexibility index (Phi) is 6.51. The van der Waals surface area contributed by atoms with Gasteiger partial charge >= 0.3 is 0 Å². The van der Waals surface area contributed by atoms with Crippen LogP contribution >= 0.6 is 11.8 Å². The Labute approximate surface area is 201 Å². The second-order valence-electron chi connectivity index (χ2n) is 8.16. The monoisotopic (exact) mass is 503 g/mol. The summed E-state index contributed by atoms with van der Waals surface area (Å²) < 4.78 is 47.6. The van der Waals surface area contributed by atoms with Gasteiger partial charge < -0.3 is 20.1 Å². The van der Waals surface area contributed by atoms with Crippen molar-refractivity contribution < 1.29 is 33.2 Å². The lowest BCUT2D eigenvalue weighted by molar-refractivity contribution is -0.178. The van der Waals surface area contributed by atoms with E-state index in [-0.39, 0.29) is 11.3 Å². The van der Waals surface area contributed by atoms with Crippen LogP contribution in [0.25, 0.3) is 22.0 Å². The molecule has 7 nitrogen and oxygen atoms in total. The van der Waals surface area contributed by atoms with E-state index >= 15 is 0 Å². The Morgan fingerprint density at radius 3 is 2.37 bits per heavy atom. The van der Waals surface area contributed by atoms with Crippen molar-refractivity contribution in [3.05, 3.63) is 78.2 Å². The number of rotatable bonds is 5. The number of nitrogens with zero attached hydrogens (tertiary/aromatic N) is 3. The number of thioether (sulfide) groups is 1. The number of aliphatic hydroxyl groups is 3. The van der Waals surface area contributed by atoms with Crippen molar-refractivity contribution in [2.75, 3.05) is 6.61 Å². The first-order valence-corrected chi connectivity index (χ1v) is 11.6. The summed E-state index contributed by atoms with van der Waals surface area (Å²) >= 11 is 1.22. The lowest BCUT2D eigenvalue weighted by Gasteiger charge is -2.41. The zero-order valence-electron chi connectivity index (χ0n) is 18.0. The smallest absolute Gasteiger partial charge is 0.194 e. The molecule has 1 aromatic heterocycles. The first kappa shape index (κ1) is 23.8. The lowest BCUT2D eigenvalue weighted by atomic mass is 9.97. The molecule has 1 fully saturated rings. The molecule has 3 aromatic carbocycles. The van der Waals surface area contributed by atoms with Gasteiger partial charge in [0.1, 0.15) is 35.5 Å².